The molecule has 0 N–H and O–H groups in total. The number of carbonyl (C=O) groups excluding carboxylic acids is 2. The Labute approximate surface area is 125 Å². The zero-order valence-electron chi connectivity index (χ0n) is 12.1. The van der Waals surface area contributed by atoms with Gasteiger partial charge in [0.05, 0.1) is 0 Å². The molecule has 1 aromatic carbocycles. The monoisotopic (exact) mass is 298 g/mol. The van der Waals surface area contributed by atoms with Gasteiger partial charge in [-0.3, -0.25) is 14.2 Å². The highest BCUT2D eigenvalue weighted by Crippen LogP contribution is 2.34. The molecule has 0 fully saturated rings. The van der Waals surface area contributed by atoms with E-state index in [1.165, 1.54) is 5.56 Å². The highest BCUT2D eigenvalue weighted by atomic mass is 31.0. The van der Waals surface area contributed by atoms with Crippen molar-refractivity contribution in [3.8, 4) is 0 Å². The second kappa shape index (κ2) is 5.71. The van der Waals surface area contributed by atoms with Crippen molar-refractivity contribution in [2.75, 3.05) is 0 Å². The van der Waals surface area contributed by atoms with E-state index in [4.69, 9.17) is 4.57 Å². The van der Waals surface area contributed by atoms with Gasteiger partial charge in [0.25, 0.3) is 0 Å². The summed E-state index contributed by atoms with van der Waals surface area (Å²) < 4.78 is 8.06. The van der Waals surface area contributed by atoms with Crippen LogP contribution >= 0.6 is 9.12 Å². The predicted molar refractivity (Wildman–Crippen MR) is 83.2 cm³/mol. The van der Waals surface area contributed by atoms with Gasteiger partial charge in [0.1, 0.15) is 9.12 Å². The molecule has 106 valence electrons. The highest BCUT2D eigenvalue weighted by Gasteiger charge is 2.33. The van der Waals surface area contributed by atoms with Crippen molar-refractivity contribution in [2.45, 2.75) is 20.8 Å². The average Bonchev–Trinajstić information content (AvgIpc) is 3.02. The lowest BCUT2D eigenvalue weighted by molar-refractivity contribution is -0.111. The lowest BCUT2D eigenvalue weighted by atomic mass is 9.91. The van der Waals surface area contributed by atoms with Crippen molar-refractivity contribution in [2.24, 2.45) is 0 Å². The first-order valence-corrected chi connectivity index (χ1v) is 6.92. The fraction of sp³-hybridized carbons (Fsp3) is 0.176. The van der Waals surface area contributed by atoms with Crippen LogP contribution in [0.2, 0.25) is 0 Å². The van der Waals surface area contributed by atoms with Crippen LogP contribution in [0, 0.1) is 20.8 Å². The third-order valence-electron chi connectivity index (χ3n) is 4.07. The minimum atomic E-state index is -0.0525. The number of ketones is 2. The van der Waals surface area contributed by atoms with Crippen LogP contribution in [0.25, 0.3) is 0 Å². The molecule has 21 heavy (non-hydrogen) atoms. The van der Waals surface area contributed by atoms with Crippen molar-refractivity contribution in [1.82, 2.24) is 0 Å². The van der Waals surface area contributed by atoms with Gasteiger partial charge in [-0.15, -0.1) is 0 Å². The number of rotatable bonds is 2. The van der Waals surface area contributed by atoms with Crippen LogP contribution in [-0.4, -0.2) is 11.6 Å². The molecule has 0 spiro atoms. The first kappa shape index (κ1) is 15.3. The van der Waals surface area contributed by atoms with E-state index in [1.807, 2.05) is 32.9 Å². The topological polar surface area (TPSA) is 51.2 Å². The van der Waals surface area contributed by atoms with Gasteiger partial charge >= 0.3 is 0 Å². The molecule has 2 aliphatic rings. The SMILES string of the molecule is Cc1ccc(C(=O)C2=CC3=CC=C2C3=O)c(C)c1C.O=P. The molecule has 0 amide bonds. The van der Waals surface area contributed by atoms with E-state index in [0.29, 0.717) is 22.3 Å². The molecule has 0 saturated carbocycles. The van der Waals surface area contributed by atoms with Crippen LogP contribution in [0.3, 0.4) is 0 Å². The van der Waals surface area contributed by atoms with Crippen molar-refractivity contribution in [3.05, 3.63) is 69.3 Å². The Bertz CT molecular complexity index is 752. The molecule has 3 rings (SSSR count). The molecule has 1 aromatic rings. The number of carbonyl (C=O) groups is 2. The van der Waals surface area contributed by atoms with Crippen LogP contribution in [-0.2, 0) is 9.36 Å². The van der Waals surface area contributed by atoms with E-state index < -0.39 is 0 Å². The summed E-state index contributed by atoms with van der Waals surface area (Å²) in [6.45, 7) is 6.01. The molecular weight excluding hydrogens is 283 g/mol. The van der Waals surface area contributed by atoms with E-state index >= 15 is 0 Å². The van der Waals surface area contributed by atoms with Crippen LogP contribution in [0.1, 0.15) is 27.0 Å². The smallest absolute Gasteiger partial charge is 0.194 e. The summed E-state index contributed by atoms with van der Waals surface area (Å²) in [6, 6.07) is 3.81. The zero-order valence-corrected chi connectivity index (χ0v) is 13.1. The van der Waals surface area contributed by atoms with E-state index in [9.17, 15) is 9.59 Å². The normalized spacial score (nSPS) is 15.0. The fourth-order valence-corrected chi connectivity index (χ4v) is 2.57. The maximum atomic E-state index is 12.6. The average molecular weight is 298 g/mol. The number of hydrogen-bond donors (Lipinski definition) is 0. The van der Waals surface area contributed by atoms with Crippen molar-refractivity contribution >= 4 is 20.7 Å². The maximum absolute atomic E-state index is 12.6. The molecule has 0 atom stereocenters. The van der Waals surface area contributed by atoms with Gasteiger partial charge < -0.3 is 0 Å². The Balaban J connectivity index is 0.000000774. The maximum Gasteiger partial charge on any atom is 0.194 e. The van der Waals surface area contributed by atoms with Gasteiger partial charge in [0.2, 0.25) is 0 Å². The van der Waals surface area contributed by atoms with Gasteiger partial charge in [-0.25, -0.2) is 0 Å². The third kappa shape index (κ3) is 2.34. The van der Waals surface area contributed by atoms with E-state index in [-0.39, 0.29) is 11.6 Å². The van der Waals surface area contributed by atoms with Gasteiger partial charge in [-0.05, 0) is 49.6 Å². The standard InChI is InChI=1S/C17H14O2.HOP/c1-9-4-6-13(11(3)10(9)2)17(19)15-8-12-5-7-14(15)16(12)18;1-2/h4-8H,1-3H3;2H. The summed E-state index contributed by atoms with van der Waals surface area (Å²) >= 11 is 0. The Morgan fingerprint density at radius 2 is 1.67 bits per heavy atom. The van der Waals surface area contributed by atoms with E-state index in [2.05, 4.69) is 0 Å². The van der Waals surface area contributed by atoms with Crippen LogP contribution in [0.4, 0.5) is 0 Å². The Morgan fingerprint density at radius 3 is 2.19 bits per heavy atom. The number of allylic oxidation sites excluding steroid dienone is 6. The summed E-state index contributed by atoms with van der Waals surface area (Å²) in [5.74, 6) is -0.0758. The van der Waals surface area contributed by atoms with Crippen molar-refractivity contribution in [3.63, 3.8) is 0 Å². The number of aryl methyl sites for hydroxylation is 1. The Morgan fingerprint density at radius 1 is 1.00 bits per heavy atom. The molecule has 3 nitrogen and oxygen atoms in total. The van der Waals surface area contributed by atoms with Crippen LogP contribution in [0.5, 0.6) is 0 Å². The number of Topliss-reactive ketones (excluding diaryl/α,β-unsaturated/α-hetero) is 2. The Kier molecular flexibility index (Phi) is 4.15. The fourth-order valence-electron chi connectivity index (χ4n) is 2.57. The van der Waals surface area contributed by atoms with Crippen molar-refractivity contribution < 1.29 is 14.2 Å². The first-order chi connectivity index (χ1) is 10.0. The van der Waals surface area contributed by atoms with E-state index in [1.54, 1.807) is 27.3 Å². The molecule has 0 aromatic heterocycles. The summed E-state index contributed by atoms with van der Waals surface area (Å²) in [7, 11) is 1.72. The summed E-state index contributed by atoms with van der Waals surface area (Å²) in [6.07, 6.45) is 5.21. The number of benzene rings is 1. The lowest BCUT2D eigenvalue weighted by Gasteiger charge is -2.11. The second-order valence-corrected chi connectivity index (χ2v) is 5.10. The molecular formula is C17H15O3P. The van der Waals surface area contributed by atoms with Crippen molar-refractivity contribution in [1.29, 1.82) is 0 Å². The second-order valence-electron chi connectivity index (χ2n) is 5.10. The molecule has 0 radical (unpaired) electrons. The highest BCUT2D eigenvalue weighted by molar-refractivity contribution is 7.00. The lowest BCUT2D eigenvalue weighted by Crippen LogP contribution is -2.09. The summed E-state index contributed by atoms with van der Waals surface area (Å²) in [4.78, 5) is 24.4. The predicted octanol–water partition coefficient (Wildman–Crippen LogP) is 3.64. The number of fused-ring (bicyclic) bond motifs is 2. The molecule has 2 aliphatic carbocycles. The summed E-state index contributed by atoms with van der Waals surface area (Å²) in [5, 5.41) is 0. The summed E-state index contributed by atoms with van der Waals surface area (Å²) in [5.41, 5.74) is 5.70. The largest absolute Gasteiger partial charge is 0.289 e. The third-order valence-corrected chi connectivity index (χ3v) is 4.07. The molecule has 0 aliphatic heterocycles. The van der Waals surface area contributed by atoms with Gasteiger partial charge in [0.15, 0.2) is 11.6 Å². The Hall–Kier alpha value is -2.12. The van der Waals surface area contributed by atoms with Crippen LogP contribution in [0.15, 0.2) is 47.1 Å². The van der Waals surface area contributed by atoms with Gasteiger partial charge in [0, 0.05) is 22.3 Å². The first-order valence-electron chi connectivity index (χ1n) is 6.51. The molecule has 0 unspecified atom stereocenters. The quantitative estimate of drug-likeness (QED) is 0.618. The minimum absolute atomic E-state index is 0.0233. The van der Waals surface area contributed by atoms with E-state index in [0.717, 1.165) is 11.1 Å². The number of hydrogen-bond acceptors (Lipinski definition) is 3. The molecule has 0 saturated heterocycles. The van der Waals surface area contributed by atoms with Crippen LogP contribution < -0.4 is 0 Å². The van der Waals surface area contributed by atoms with Gasteiger partial charge in [-0.2, -0.15) is 0 Å². The molecule has 2 bridgehead atoms. The molecule has 0 heterocycles. The molecule has 4 heteroatoms. The zero-order chi connectivity index (χ0) is 15.7. The minimum Gasteiger partial charge on any atom is -0.289 e. The van der Waals surface area contributed by atoms with Gasteiger partial charge in [-0.1, -0.05) is 18.2 Å².